The summed E-state index contributed by atoms with van der Waals surface area (Å²) in [5.74, 6) is -0.928. The van der Waals surface area contributed by atoms with Gasteiger partial charge >= 0.3 is 5.97 Å². The van der Waals surface area contributed by atoms with E-state index in [0.29, 0.717) is 5.16 Å². The van der Waals surface area contributed by atoms with Gasteiger partial charge in [0.15, 0.2) is 5.16 Å². The number of aliphatic carboxylic acids is 1. The van der Waals surface area contributed by atoms with Gasteiger partial charge in [0.1, 0.15) is 6.33 Å². The molecule has 7 heteroatoms. The molecule has 0 amide bonds. The van der Waals surface area contributed by atoms with Crippen molar-refractivity contribution in [2.45, 2.75) is 5.16 Å². The fourth-order valence-corrected chi connectivity index (χ4v) is 3.19. The van der Waals surface area contributed by atoms with E-state index in [2.05, 4.69) is 26.1 Å². The summed E-state index contributed by atoms with van der Waals surface area (Å²) in [6.45, 7) is 0. The number of fused-ring (bicyclic) bond motifs is 1. The van der Waals surface area contributed by atoms with Gasteiger partial charge in [0.25, 0.3) is 0 Å². The van der Waals surface area contributed by atoms with Crippen molar-refractivity contribution in [2.75, 3.05) is 5.75 Å². The van der Waals surface area contributed by atoms with Crippen molar-refractivity contribution in [3.8, 4) is 5.69 Å². The number of carbonyl (C=O) groups is 1. The zero-order valence-electron chi connectivity index (χ0n) is 10.7. The van der Waals surface area contributed by atoms with Gasteiger partial charge in [-0.1, -0.05) is 52.0 Å². The Balaban J connectivity index is 2.11. The lowest BCUT2D eigenvalue weighted by Crippen LogP contribution is -2.01. The van der Waals surface area contributed by atoms with Crippen molar-refractivity contribution in [1.82, 2.24) is 14.8 Å². The van der Waals surface area contributed by atoms with Crippen molar-refractivity contribution in [3.63, 3.8) is 0 Å². The van der Waals surface area contributed by atoms with Gasteiger partial charge in [0.05, 0.1) is 11.4 Å². The van der Waals surface area contributed by atoms with Crippen molar-refractivity contribution in [2.24, 2.45) is 0 Å². The van der Waals surface area contributed by atoms with E-state index in [4.69, 9.17) is 5.11 Å². The number of nitrogens with zero attached hydrogens (tertiary/aromatic N) is 3. The second-order valence-electron chi connectivity index (χ2n) is 4.28. The van der Waals surface area contributed by atoms with Crippen LogP contribution in [0, 0.1) is 0 Å². The maximum atomic E-state index is 10.7. The SMILES string of the molecule is O=C(O)CSc1nncn1-c1ccc(Br)c2ccccc12. The highest BCUT2D eigenvalue weighted by molar-refractivity contribution is 9.10. The van der Waals surface area contributed by atoms with Crippen LogP contribution in [-0.2, 0) is 4.79 Å². The molecule has 3 aromatic rings. The zero-order chi connectivity index (χ0) is 14.8. The maximum Gasteiger partial charge on any atom is 0.313 e. The topological polar surface area (TPSA) is 68.0 Å². The molecule has 21 heavy (non-hydrogen) atoms. The number of aromatic nitrogens is 3. The largest absolute Gasteiger partial charge is 0.481 e. The molecule has 0 aliphatic heterocycles. The van der Waals surface area contributed by atoms with E-state index < -0.39 is 5.97 Å². The van der Waals surface area contributed by atoms with Crippen LogP contribution in [-0.4, -0.2) is 31.6 Å². The van der Waals surface area contributed by atoms with Crippen molar-refractivity contribution < 1.29 is 9.90 Å². The zero-order valence-corrected chi connectivity index (χ0v) is 13.1. The third-order valence-electron chi connectivity index (χ3n) is 2.95. The summed E-state index contributed by atoms with van der Waals surface area (Å²) >= 11 is 4.69. The van der Waals surface area contributed by atoms with Gasteiger partial charge in [-0.3, -0.25) is 9.36 Å². The molecule has 0 radical (unpaired) electrons. The highest BCUT2D eigenvalue weighted by Crippen LogP contribution is 2.30. The molecule has 0 fully saturated rings. The Bertz CT molecular complexity index is 819. The number of carboxylic acid groups (broad SMARTS) is 1. The molecule has 3 rings (SSSR count). The highest BCUT2D eigenvalue weighted by atomic mass is 79.9. The predicted octanol–water partition coefficient (Wildman–Crippen LogP) is 3.36. The molecule has 1 heterocycles. The summed E-state index contributed by atoms with van der Waals surface area (Å²) in [6.07, 6.45) is 1.60. The summed E-state index contributed by atoms with van der Waals surface area (Å²) in [6, 6.07) is 11.9. The lowest BCUT2D eigenvalue weighted by Gasteiger charge is -2.10. The molecule has 0 unspecified atom stereocenters. The number of rotatable bonds is 4. The van der Waals surface area contributed by atoms with Gasteiger partial charge < -0.3 is 5.11 Å². The Morgan fingerprint density at radius 3 is 2.76 bits per heavy atom. The Kier molecular flexibility index (Phi) is 3.94. The summed E-state index contributed by atoms with van der Waals surface area (Å²) in [5.41, 5.74) is 0.923. The molecule has 1 aromatic heterocycles. The molecule has 0 saturated heterocycles. The van der Waals surface area contributed by atoms with Crippen LogP contribution in [0.4, 0.5) is 0 Å². The third kappa shape index (κ3) is 2.79. The van der Waals surface area contributed by atoms with Gasteiger partial charge in [-0.15, -0.1) is 10.2 Å². The van der Waals surface area contributed by atoms with Crippen LogP contribution in [0.15, 0.2) is 52.4 Å². The van der Waals surface area contributed by atoms with E-state index in [-0.39, 0.29) is 5.75 Å². The molecular weight excluding hydrogens is 354 g/mol. The average molecular weight is 364 g/mol. The van der Waals surface area contributed by atoms with E-state index in [1.807, 2.05) is 41.0 Å². The first-order chi connectivity index (χ1) is 10.2. The number of hydrogen-bond donors (Lipinski definition) is 1. The standard InChI is InChI=1S/C14H10BrN3O2S/c15-11-5-6-12(10-4-2-1-3-9(10)11)18-8-16-17-14(18)21-7-13(19)20/h1-6,8H,7H2,(H,19,20). The molecule has 0 saturated carbocycles. The van der Waals surface area contributed by atoms with E-state index in [1.54, 1.807) is 6.33 Å². The fraction of sp³-hybridized carbons (Fsp3) is 0.0714. The predicted molar refractivity (Wildman–Crippen MR) is 84.9 cm³/mol. The molecule has 2 aromatic carbocycles. The maximum absolute atomic E-state index is 10.7. The Morgan fingerprint density at radius 2 is 2.00 bits per heavy atom. The second-order valence-corrected chi connectivity index (χ2v) is 6.07. The molecule has 0 bridgehead atoms. The summed E-state index contributed by atoms with van der Waals surface area (Å²) in [7, 11) is 0. The molecule has 106 valence electrons. The first-order valence-corrected chi connectivity index (χ1v) is 7.87. The monoisotopic (exact) mass is 363 g/mol. The summed E-state index contributed by atoms with van der Waals surface area (Å²) < 4.78 is 2.82. The Morgan fingerprint density at radius 1 is 1.24 bits per heavy atom. The van der Waals surface area contributed by atoms with Crippen LogP contribution in [0.2, 0.25) is 0 Å². The van der Waals surface area contributed by atoms with E-state index in [1.165, 1.54) is 0 Å². The quantitative estimate of drug-likeness (QED) is 0.719. The Labute approximate surface area is 133 Å². The van der Waals surface area contributed by atoms with Crippen LogP contribution >= 0.6 is 27.7 Å². The Hall–Kier alpha value is -1.86. The number of benzene rings is 2. The summed E-state index contributed by atoms with van der Waals surface area (Å²) in [4.78, 5) is 10.7. The minimum atomic E-state index is -0.879. The summed E-state index contributed by atoms with van der Waals surface area (Å²) in [5, 5.41) is 19.4. The van der Waals surface area contributed by atoms with Crippen LogP contribution in [0.5, 0.6) is 0 Å². The first-order valence-electron chi connectivity index (χ1n) is 6.09. The van der Waals surface area contributed by atoms with Gasteiger partial charge in [-0.05, 0) is 17.5 Å². The van der Waals surface area contributed by atoms with E-state index >= 15 is 0 Å². The van der Waals surface area contributed by atoms with Crippen LogP contribution in [0.25, 0.3) is 16.5 Å². The first kappa shape index (κ1) is 14.1. The van der Waals surface area contributed by atoms with Gasteiger partial charge in [-0.2, -0.15) is 0 Å². The van der Waals surface area contributed by atoms with E-state index in [9.17, 15) is 4.79 Å². The average Bonchev–Trinajstić information content (AvgIpc) is 2.94. The normalized spacial score (nSPS) is 10.9. The molecule has 0 spiro atoms. The van der Waals surface area contributed by atoms with Crippen molar-refractivity contribution in [3.05, 3.63) is 47.2 Å². The van der Waals surface area contributed by atoms with Crippen molar-refractivity contribution in [1.29, 1.82) is 0 Å². The second kappa shape index (κ2) is 5.87. The molecule has 0 aliphatic carbocycles. The fourth-order valence-electron chi connectivity index (χ4n) is 2.07. The molecule has 0 atom stereocenters. The lowest BCUT2D eigenvalue weighted by molar-refractivity contribution is -0.133. The van der Waals surface area contributed by atoms with Crippen LogP contribution in [0.1, 0.15) is 0 Å². The number of thioether (sulfide) groups is 1. The highest BCUT2D eigenvalue weighted by Gasteiger charge is 2.12. The third-order valence-corrected chi connectivity index (χ3v) is 4.57. The van der Waals surface area contributed by atoms with Gasteiger partial charge in [0, 0.05) is 9.86 Å². The number of halogens is 1. The minimum absolute atomic E-state index is 0.0485. The van der Waals surface area contributed by atoms with Crippen LogP contribution in [0.3, 0.4) is 0 Å². The number of hydrogen-bond acceptors (Lipinski definition) is 4. The van der Waals surface area contributed by atoms with Crippen LogP contribution < -0.4 is 0 Å². The van der Waals surface area contributed by atoms with Crippen molar-refractivity contribution >= 4 is 44.4 Å². The smallest absolute Gasteiger partial charge is 0.313 e. The molecule has 5 nitrogen and oxygen atoms in total. The molecular formula is C14H10BrN3O2S. The lowest BCUT2D eigenvalue weighted by atomic mass is 10.1. The van der Waals surface area contributed by atoms with Gasteiger partial charge in [-0.25, -0.2) is 0 Å². The number of carboxylic acids is 1. The van der Waals surface area contributed by atoms with Gasteiger partial charge in [0.2, 0.25) is 0 Å². The van der Waals surface area contributed by atoms with E-state index in [0.717, 1.165) is 32.7 Å². The molecule has 0 aliphatic rings. The molecule has 1 N–H and O–H groups in total. The minimum Gasteiger partial charge on any atom is -0.481 e.